The van der Waals surface area contributed by atoms with Gasteiger partial charge >= 0.3 is 0 Å². The Bertz CT molecular complexity index is 1030. The van der Waals surface area contributed by atoms with Crippen molar-refractivity contribution in [3.8, 4) is 11.5 Å². The molecule has 1 saturated heterocycles. The highest BCUT2D eigenvalue weighted by molar-refractivity contribution is 5.80. The van der Waals surface area contributed by atoms with E-state index in [1.165, 1.54) is 5.56 Å². The molecular weight excluding hydrogens is 330 g/mol. The lowest BCUT2D eigenvalue weighted by molar-refractivity contribution is 0.173. The first-order valence-corrected chi connectivity index (χ1v) is 8.88. The van der Waals surface area contributed by atoms with E-state index in [4.69, 9.17) is 9.47 Å². The number of nitrogens with zero attached hydrogens (tertiary/aromatic N) is 3. The van der Waals surface area contributed by atoms with Crippen LogP contribution in [0.15, 0.2) is 53.5 Å². The highest BCUT2D eigenvalue weighted by Crippen LogP contribution is 2.38. The molecule has 1 atom stereocenters. The molecule has 0 amide bonds. The minimum atomic E-state index is -0.0422. The summed E-state index contributed by atoms with van der Waals surface area (Å²) in [6.07, 6.45) is 3.92. The summed E-state index contributed by atoms with van der Waals surface area (Å²) in [4.78, 5) is 15.1. The van der Waals surface area contributed by atoms with Gasteiger partial charge in [-0.05, 0) is 36.6 Å². The van der Waals surface area contributed by atoms with E-state index in [9.17, 15) is 4.79 Å². The van der Waals surface area contributed by atoms with Gasteiger partial charge in [0.15, 0.2) is 11.5 Å². The van der Waals surface area contributed by atoms with E-state index < -0.39 is 0 Å². The minimum Gasteiger partial charge on any atom is -0.454 e. The number of benzene rings is 2. The van der Waals surface area contributed by atoms with E-state index in [1.807, 2.05) is 30.3 Å². The number of likely N-dealkylation sites (tertiary alicyclic amines) is 1. The second-order valence-corrected chi connectivity index (χ2v) is 6.76. The first-order valence-electron chi connectivity index (χ1n) is 8.88. The molecule has 2 aliphatic rings. The lowest BCUT2D eigenvalue weighted by Gasteiger charge is -2.25. The van der Waals surface area contributed by atoms with E-state index in [0.717, 1.165) is 36.3 Å². The number of rotatable bonds is 3. The predicted octanol–water partition coefficient (Wildman–Crippen LogP) is 2.92. The van der Waals surface area contributed by atoms with Crippen LogP contribution in [0.2, 0.25) is 0 Å². The van der Waals surface area contributed by atoms with Crippen LogP contribution in [0.3, 0.4) is 0 Å². The van der Waals surface area contributed by atoms with Gasteiger partial charge in [0.2, 0.25) is 6.79 Å². The van der Waals surface area contributed by atoms with Crippen molar-refractivity contribution in [1.82, 2.24) is 14.7 Å². The Labute approximate surface area is 150 Å². The lowest BCUT2D eigenvalue weighted by Crippen LogP contribution is -2.33. The number of aromatic nitrogens is 2. The normalized spacial score (nSPS) is 19.3. The third kappa shape index (κ3) is 2.54. The first kappa shape index (κ1) is 15.4. The van der Waals surface area contributed by atoms with Crippen molar-refractivity contribution in [3.63, 3.8) is 0 Å². The molecule has 1 fully saturated rings. The maximum Gasteiger partial charge on any atom is 0.275 e. The fraction of sp³-hybridized carbons (Fsp3) is 0.300. The van der Waals surface area contributed by atoms with E-state index in [-0.39, 0.29) is 18.4 Å². The molecule has 0 saturated carbocycles. The Morgan fingerprint density at radius 2 is 2.00 bits per heavy atom. The summed E-state index contributed by atoms with van der Waals surface area (Å²) in [5.74, 6) is 1.60. The van der Waals surface area contributed by atoms with Crippen LogP contribution in [0, 0.1) is 0 Å². The van der Waals surface area contributed by atoms with Crippen molar-refractivity contribution in [3.05, 3.63) is 64.6 Å². The van der Waals surface area contributed by atoms with Gasteiger partial charge in [-0.2, -0.15) is 5.10 Å². The third-order valence-corrected chi connectivity index (χ3v) is 5.22. The average molecular weight is 349 g/mol. The smallest absolute Gasteiger partial charge is 0.275 e. The lowest BCUT2D eigenvalue weighted by atomic mass is 10.0. The fourth-order valence-electron chi connectivity index (χ4n) is 3.89. The highest BCUT2D eigenvalue weighted by Gasteiger charge is 2.28. The van der Waals surface area contributed by atoms with E-state index in [0.29, 0.717) is 12.1 Å². The quantitative estimate of drug-likeness (QED) is 0.728. The van der Waals surface area contributed by atoms with Crippen molar-refractivity contribution in [1.29, 1.82) is 0 Å². The van der Waals surface area contributed by atoms with Crippen molar-refractivity contribution in [2.45, 2.75) is 25.6 Å². The standard InChI is InChI=1S/C20H19N3O3/c24-20-16-5-2-1-4-15(16)11-21-23(20)12-22-9-3-6-17(22)14-7-8-18-19(10-14)26-13-25-18/h1-2,4-5,7-8,10-11,17H,3,6,9,12-13H2. The topological polar surface area (TPSA) is 56.6 Å². The molecule has 6 heteroatoms. The van der Waals surface area contributed by atoms with Gasteiger partial charge in [0.1, 0.15) is 0 Å². The van der Waals surface area contributed by atoms with Gasteiger partial charge in [-0.25, -0.2) is 4.68 Å². The number of hydrogen-bond acceptors (Lipinski definition) is 5. The molecule has 2 aliphatic heterocycles. The Balaban J connectivity index is 1.45. The van der Waals surface area contributed by atoms with E-state index >= 15 is 0 Å². The summed E-state index contributed by atoms with van der Waals surface area (Å²) in [5.41, 5.74) is 1.15. The zero-order valence-corrected chi connectivity index (χ0v) is 14.3. The van der Waals surface area contributed by atoms with Crippen LogP contribution in [-0.2, 0) is 6.67 Å². The van der Waals surface area contributed by atoms with Gasteiger partial charge in [-0.15, -0.1) is 0 Å². The predicted molar refractivity (Wildman–Crippen MR) is 97.2 cm³/mol. The van der Waals surface area contributed by atoms with Crippen LogP contribution < -0.4 is 15.0 Å². The molecule has 1 aromatic heterocycles. The van der Waals surface area contributed by atoms with Crippen molar-refractivity contribution < 1.29 is 9.47 Å². The second kappa shape index (κ2) is 6.14. The fourth-order valence-corrected chi connectivity index (χ4v) is 3.89. The largest absolute Gasteiger partial charge is 0.454 e. The number of ether oxygens (including phenoxy) is 2. The maximum absolute atomic E-state index is 12.8. The zero-order valence-electron chi connectivity index (χ0n) is 14.3. The molecule has 3 heterocycles. The van der Waals surface area contributed by atoms with Gasteiger partial charge in [0.25, 0.3) is 5.56 Å². The molecule has 0 radical (unpaired) electrons. The molecule has 6 nitrogen and oxygen atoms in total. The molecule has 0 spiro atoms. The summed E-state index contributed by atoms with van der Waals surface area (Å²) in [7, 11) is 0. The molecule has 3 aromatic rings. The summed E-state index contributed by atoms with van der Waals surface area (Å²) in [6.45, 7) is 1.71. The summed E-state index contributed by atoms with van der Waals surface area (Å²) in [6, 6.07) is 14.0. The Morgan fingerprint density at radius 3 is 2.96 bits per heavy atom. The monoisotopic (exact) mass is 349 g/mol. The van der Waals surface area contributed by atoms with Crippen molar-refractivity contribution in [2.24, 2.45) is 0 Å². The van der Waals surface area contributed by atoms with Crippen LogP contribution in [0.25, 0.3) is 10.8 Å². The Morgan fingerprint density at radius 1 is 1.12 bits per heavy atom. The molecule has 5 rings (SSSR count). The zero-order chi connectivity index (χ0) is 17.5. The minimum absolute atomic E-state index is 0.0422. The average Bonchev–Trinajstić information content (AvgIpc) is 3.32. The molecule has 0 aliphatic carbocycles. The van der Waals surface area contributed by atoms with Crippen LogP contribution in [0.1, 0.15) is 24.4 Å². The van der Waals surface area contributed by atoms with Crippen LogP contribution in [0.4, 0.5) is 0 Å². The van der Waals surface area contributed by atoms with Gasteiger partial charge in [-0.3, -0.25) is 9.69 Å². The SMILES string of the molecule is O=c1c2ccccc2cnn1CN1CCCC1c1ccc2c(c1)OCO2. The van der Waals surface area contributed by atoms with Crippen molar-refractivity contribution in [2.75, 3.05) is 13.3 Å². The molecule has 0 bridgehead atoms. The van der Waals surface area contributed by atoms with E-state index in [2.05, 4.69) is 22.1 Å². The van der Waals surface area contributed by atoms with Crippen molar-refractivity contribution >= 4 is 10.8 Å². The van der Waals surface area contributed by atoms with Crippen LogP contribution in [-0.4, -0.2) is 28.0 Å². The molecule has 0 N–H and O–H groups in total. The Hall–Kier alpha value is -2.86. The second-order valence-electron chi connectivity index (χ2n) is 6.76. The van der Waals surface area contributed by atoms with Gasteiger partial charge in [-0.1, -0.05) is 24.3 Å². The molecule has 26 heavy (non-hydrogen) atoms. The summed E-state index contributed by atoms with van der Waals surface area (Å²) in [5, 5.41) is 5.96. The highest BCUT2D eigenvalue weighted by atomic mass is 16.7. The molecule has 1 unspecified atom stereocenters. The maximum atomic E-state index is 12.8. The molecule has 2 aromatic carbocycles. The van der Waals surface area contributed by atoms with Gasteiger partial charge in [0.05, 0.1) is 18.3 Å². The summed E-state index contributed by atoms with van der Waals surface area (Å²) >= 11 is 0. The third-order valence-electron chi connectivity index (χ3n) is 5.22. The molecule has 132 valence electrons. The van der Waals surface area contributed by atoms with Crippen LogP contribution in [0.5, 0.6) is 11.5 Å². The Kier molecular flexibility index (Phi) is 3.64. The van der Waals surface area contributed by atoms with Gasteiger partial charge in [0, 0.05) is 18.0 Å². The number of hydrogen-bond donors (Lipinski definition) is 0. The van der Waals surface area contributed by atoms with Gasteiger partial charge < -0.3 is 9.47 Å². The number of fused-ring (bicyclic) bond motifs is 2. The first-order chi connectivity index (χ1) is 12.8. The van der Waals surface area contributed by atoms with E-state index in [1.54, 1.807) is 10.9 Å². The molecular formula is C20H19N3O3. The van der Waals surface area contributed by atoms with Crippen LogP contribution >= 0.6 is 0 Å². The summed E-state index contributed by atoms with van der Waals surface area (Å²) < 4.78 is 12.5.